The maximum atomic E-state index is 13.6. The lowest BCUT2D eigenvalue weighted by molar-refractivity contribution is -0.128. The van der Waals surface area contributed by atoms with E-state index >= 15 is 0 Å². The van der Waals surface area contributed by atoms with Crippen LogP contribution in [0.4, 0.5) is 5.69 Å². The second-order valence-electron chi connectivity index (χ2n) is 8.61. The molecule has 3 aromatic rings. The van der Waals surface area contributed by atoms with E-state index in [1.54, 1.807) is 24.3 Å². The molecule has 0 bridgehead atoms. The summed E-state index contributed by atoms with van der Waals surface area (Å²) in [5.74, 6) is 0.526. The molecule has 1 aliphatic rings. The molecule has 0 aromatic heterocycles. The molecule has 0 radical (unpaired) electrons. The Morgan fingerprint density at radius 3 is 2.43 bits per heavy atom. The first-order chi connectivity index (χ1) is 16.7. The standard InChI is InChI=1S/C27H30N2O5S/c1-5-20-7-9-21(10-8-20)19(3)28-27(30)26-17-29(24-16-18(2)6-15-25(24)34-26)35(31,32)23-13-11-22(33-4)12-14-23/h6-16,19,26H,5,17H2,1-4H3,(H,28,30). The number of carbonyl (C=O) groups excluding carboxylic acids is 1. The molecule has 184 valence electrons. The van der Waals surface area contributed by atoms with Crippen molar-refractivity contribution in [2.45, 2.75) is 44.2 Å². The van der Waals surface area contributed by atoms with Gasteiger partial charge in [0.15, 0.2) is 6.10 Å². The first kappa shape index (κ1) is 24.6. The zero-order valence-corrected chi connectivity index (χ0v) is 21.1. The average Bonchev–Trinajstić information content (AvgIpc) is 2.87. The average molecular weight is 495 g/mol. The highest BCUT2D eigenvalue weighted by Crippen LogP contribution is 2.38. The fourth-order valence-corrected chi connectivity index (χ4v) is 5.50. The number of hydrogen-bond acceptors (Lipinski definition) is 5. The Morgan fingerprint density at radius 2 is 1.80 bits per heavy atom. The Hall–Kier alpha value is -3.52. The van der Waals surface area contributed by atoms with Gasteiger partial charge in [-0.1, -0.05) is 37.3 Å². The lowest BCUT2D eigenvalue weighted by Gasteiger charge is -2.35. The molecule has 0 spiro atoms. The number of sulfonamides is 1. The third-order valence-electron chi connectivity index (χ3n) is 6.17. The van der Waals surface area contributed by atoms with E-state index in [0.29, 0.717) is 17.2 Å². The first-order valence-corrected chi connectivity index (χ1v) is 13.0. The summed E-state index contributed by atoms with van der Waals surface area (Å²) < 4.78 is 39.7. The van der Waals surface area contributed by atoms with Gasteiger partial charge in [0.1, 0.15) is 11.5 Å². The second kappa shape index (κ2) is 10.00. The largest absolute Gasteiger partial charge is 0.497 e. The molecule has 0 saturated heterocycles. The van der Waals surface area contributed by atoms with Crippen LogP contribution >= 0.6 is 0 Å². The fourth-order valence-electron chi connectivity index (χ4n) is 4.03. The van der Waals surface area contributed by atoms with Crippen LogP contribution in [0.2, 0.25) is 0 Å². The molecule has 1 aliphatic heterocycles. The van der Waals surface area contributed by atoms with Crippen molar-refractivity contribution in [1.29, 1.82) is 0 Å². The van der Waals surface area contributed by atoms with Crippen LogP contribution in [0.15, 0.2) is 71.6 Å². The summed E-state index contributed by atoms with van der Waals surface area (Å²) in [6, 6.07) is 19.3. The summed E-state index contributed by atoms with van der Waals surface area (Å²) in [6.07, 6.45) is -0.0653. The van der Waals surface area contributed by atoms with E-state index in [9.17, 15) is 13.2 Å². The molecule has 0 aliphatic carbocycles. The Labute approximate surface area is 206 Å². The highest BCUT2D eigenvalue weighted by molar-refractivity contribution is 7.92. The fraction of sp³-hybridized carbons (Fsp3) is 0.296. The number of methoxy groups -OCH3 is 1. The molecular weight excluding hydrogens is 464 g/mol. The van der Waals surface area contributed by atoms with Crippen molar-refractivity contribution in [2.75, 3.05) is 18.0 Å². The molecule has 4 rings (SSSR count). The number of ether oxygens (including phenoxy) is 2. The van der Waals surface area contributed by atoms with Crippen LogP contribution in [0.5, 0.6) is 11.5 Å². The topological polar surface area (TPSA) is 84.9 Å². The Bertz CT molecular complexity index is 1300. The molecule has 2 atom stereocenters. The zero-order chi connectivity index (χ0) is 25.2. The van der Waals surface area contributed by atoms with Crippen LogP contribution in [0, 0.1) is 6.92 Å². The number of fused-ring (bicyclic) bond motifs is 1. The van der Waals surface area contributed by atoms with E-state index < -0.39 is 16.1 Å². The van der Waals surface area contributed by atoms with E-state index in [1.165, 1.54) is 29.1 Å². The van der Waals surface area contributed by atoms with Gasteiger partial charge < -0.3 is 14.8 Å². The van der Waals surface area contributed by atoms with E-state index in [4.69, 9.17) is 9.47 Å². The van der Waals surface area contributed by atoms with Gasteiger partial charge in [0.05, 0.1) is 30.3 Å². The maximum Gasteiger partial charge on any atom is 0.264 e. The number of nitrogens with one attached hydrogen (secondary N) is 1. The van der Waals surface area contributed by atoms with Crippen LogP contribution in [0.1, 0.15) is 36.6 Å². The molecule has 7 nitrogen and oxygen atoms in total. The van der Waals surface area contributed by atoms with Crippen LogP contribution in [-0.2, 0) is 21.2 Å². The van der Waals surface area contributed by atoms with Crippen molar-refractivity contribution in [2.24, 2.45) is 0 Å². The Morgan fingerprint density at radius 1 is 1.11 bits per heavy atom. The number of anilines is 1. The van der Waals surface area contributed by atoms with Gasteiger partial charge >= 0.3 is 0 Å². The number of aryl methyl sites for hydroxylation is 2. The maximum absolute atomic E-state index is 13.6. The SMILES string of the molecule is CCc1ccc(C(C)NC(=O)C2CN(S(=O)(=O)c3ccc(OC)cc3)c3cc(C)ccc3O2)cc1. The van der Waals surface area contributed by atoms with E-state index in [-0.39, 0.29) is 23.4 Å². The monoisotopic (exact) mass is 494 g/mol. The van der Waals surface area contributed by atoms with Crippen LogP contribution in [0.3, 0.4) is 0 Å². The summed E-state index contributed by atoms with van der Waals surface area (Å²) in [6.45, 7) is 5.72. The quantitative estimate of drug-likeness (QED) is 0.526. The molecular formula is C27H30N2O5S. The molecule has 1 N–H and O–H groups in total. The van der Waals surface area contributed by atoms with Gasteiger partial charge in [0.25, 0.3) is 15.9 Å². The minimum absolute atomic E-state index is 0.108. The third-order valence-corrected chi connectivity index (χ3v) is 7.96. The van der Waals surface area contributed by atoms with Gasteiger partial charge in [-0.2, -0.15) is 0 Å². The molecule has 3 aromatic carbocycles. The van der Waals surface area contributed by atoms with Gasteiger partial charge in [-0.15, -0.1) is 0 Å². The van der Waals surface area contributed by atoms with Crippen molar-refractivity contribution in [3.8, 4) is 11.5 Å². The van der Waals surface area contributed by atoms with Gasteiger partial charge in [0, 0.05) is 0 Å². The van der Waals surface area contributed by atoms with Crippen molar-refractivity contribution >= 4 is 21.6 Å². The minimum Gasteiger partial charge on any atom is -0.497 e. The molecule has 0 fully saturated rings. The number of rotatable bonds is 7. The molecule has 2 unspecified atom stereocenters. The van der Waals surface area contributed by atoms with Crippen molar-refractivity contribution < 1.29 is 22.7 Å². The highest BCUT2D eigenvalue weighted by atomic mass is 32.2. The molecule has 1 amide bonds. The van der Waals surface area contributed by atoms with Gasteiger partial charge in [-0.05, 0) is 73.4 Å². The van der Waals surface area contributed by atoms with Crippen molar-refractivity contribution in [1.82, 2.24) is 5.32 Å². The first-order valence-electron chi connectivity index (χ1n) is 11.6. The molecule has 1 heterocycles. The zero-order valence-electron chi connectivity index (χ0n) is 20.3. The summed E-state index contributed by atoms with van der Waals surface area (Å²) in [5.41, 5.74) is 3.47. The summed E-state index contributed by atoms with van der Waals surface area (Å²) in [7, 11) is -2.43. The lowest BCUT2D eigenvalue weighted by atomic mass is 10.0. The summed E-state index contributed by atoms with van der Waals surface area (Å²) >= 11 is 0. The lowest BCUT2D eigenvalue weighted by Crippen LogP contribution is -2.51. The van der Waals surface area contributed by atoms with Crippen molar-refractivity contribution in [3.63, 3.8) is 0 Å². The van der Waals surface area contributed by atoms with Gasteiger partial charge in [-0.25, -0.2) is 8.42 Å². The highest BCUT2D eigenvalue weighted by Gasteiger charge is 2.38. The Kier molecular flexibility index (Phi) is 7.03. The van der Waals surface area contributed by atoms with Crippen LogP contribution in [-0.4, -0.2) is 34.1 Å². The number of nitrogens with zero attached hydrogens (tertiary/aromatic N) is 1. The number of hydrogen-bond donors (Lipinski definition) is 1. The molecule has 8 heteroatoms. The van der Waals surface area contributed by atoms with E-state index in [0.717, 1.165) is 17.5 Å². The van der Waals surface area contributed by atoms with Gasteiger partial charge in [-0.3, -0.25) is 9.10 Å². The number of amides is 1. The minimum atomic E-state index is -3.95. The second-order valence-corrected chi connectivity index (χ2v) is 10.5. The predicted octanol–water partition coefficient (Wildman–Crippen LogP) is 4.40. The number of benzene rings is 3. The number of carbonyl (C=O) groups is 1. The normalized spacial score (nSPS) is 16.1. The van der Waals surface area contributed by atoms with E-state index in [1.807, 2.05) is 44.2 Å². The van der Waals surface area contributed by atoms with Gasteiger partial charge in [0.2, 0.25) is 0 Å². The third kappa shape index (κ3) is 5.12. The predicted molar refractivity (Wildman–Crippen MR) is 135 cm³/mol. The smallest absolute Gasteiger partial charge is 0.264 e. The van der Waals surface area contributed by atoms with Crippen LogP contribution < -0.4 is 19.1 Å². The Balaban J connectivity index is 1.61. The van der Waals surface area contributed by atoms with E-state index in [2.05, 4.69) is 12.2 Å². The molecule has 0 saturated carbocycles. The molecule has 35 heavy (non-hydrogen) atoms. The summed E-state index contributed by atoms with van der Waals surface area (Å²) in [4.78, 5) is 13.3. The summed E-state index contributed by atoms with van der Waals surface area (Å²) in [5, 5.41) is 2.97. The van der Waals surface area contributed by atoms with Crippen molar-refractivity contribution in [3.05, 3.63) is 83.4 Å². The van der Waals surface area contributed by atoms with Crippen LogP contribution in [0.25, 0.3) is 0 Å².